The molecule has 1 aromatic heterocycles. The van der Waals surface area contributed by atoms with E-state index < -0.39 is 5.60 Å². The number of aliphatic hydroxyl groups is 1. The van der Waals surface area contributed by atoms with Crippen LogP contribution in [0.3, 0.4) is 0 Å². The van der Waals surface area contributed by atoms with Crippen LogP contribution in [0.1, 0.15) is 12.5 Å². The fourth-order valence-corrected chi connectivity index (χ4v) is 1.71. The number of rotatable bonds is 6. The predicted molar refractivity (Wildman–Crippen MR) is 65.1 cm³/mol. The number of hydrogen-bond donors (Lipinski definition) is 2. The van der Waals surface area contributed by atoms with Gasteiger partial charge in [0.05, 0.1) is 5.60 Å². The zero-order valence-corrected chi connectivity index (χ0v) is 10.3. The second kappa shape index (κ2) is 5.94. The Morgan fingerprint density at radius 3 is 2.56 bits per heavy atom. The molecule has 16 heavy (non-hydrogen) atoms. The molecule has 2 N–H and O–H groups in total. The first-order chi connectivity index (χ1) is 7.49. The summed E-state index contributed by atoms with van der Waals surface area (Å²) in [6, 6.07) is 3.93. The average Bonchev–Trinajstić information content (AvgIpc) is 2.16. The van der Waals surface area contributed by atoms with Gasteiger partial charge in [0, 0.05) is 32.0 Å². The fraction of sp³-hybridized carbons (Fsp3) is 0.583. The highest BCUT2D eigenvalue weighted by molar-refractivity contribution is 5.09. The lowest BCUT2D eigenvalue weighted by Crippen LogP contribution is -2.45. The Hall–Kier alpha value is -0.970. The molecule has 0 fully saturated rings. The molecular formula is C12H21N3O. The predicted octanol–water partition coefficient (Wildman–Crippen LogP) is 0.484. The molecular weight excluding hydrogens is 202 g/mol. The highest BCUT2D eigenvalue weighted by atomic mass is 16.3. The summed E-state index contributed by atoms with van der Waals surface area (Å²) in [5.74, 6) is 0. The molecule has 0 aliphatic heterocycles. The van der Waals surface area contributed by atoms with Gasteiger partial charge in [-0.25, -0.2) is 0 Å². The Balaban J connectivity index is 2.30. The molecule has 0 aliphatic carbocycles. The Labute approximate surface area is 97.3 Å². The summed E-state index contributed by atoms with van der Waals surface area (Å²) in [6.45, 7) is 3.82. The van der Waals surface area contributed by atoms with Crippen LogP contribution in [-0.4, -0.2) is 47.8 Å². The molecule has 0 spiro atoms. The third-order valence-electron chi connectivity index (χ3n) is 2.24. The molecule has 0 saturated heterocycles. The summed E-state index contributed by atoms with van der Waals surface area (Å²) in [6.07, 6.45) is 3.55. The molecule has 1 unspecified atom stereocenters. The summed E-state index contributed by atoms with van der Waals surface area (Å²) in [4.78, 5) is 5.94. The molecule has 1 rings (SSSR count). The molecule has 0 amide bonds. The first kappa shape index (κ1) is 13.1. The van der Waals surface area contributed by atoms with E-state index in [1.165, 1.54) is 5.56 Å². The van der Waals surface area contributed by atoms with Gasteiger partial charge in [-0.1, -0.05) is 0 Å². The minimum absolute atomic E-state index is 0.577. The Morgan fingerprint density at radius 2 is 2.00 bits per heavy atom. The van der Waals surface area contributed by atoms with E-state index in [-0.39, 0.29) is 0 Å². The highest BCUT2D eigenvalue weighted by Crippen LogP contribution is 2.03. The van der Waals surface area contributed by atoms with Gasteiger partial charge in [-0.05, 0) is 38.7 Å². The van der Waals surface area contributed by atoms with Gasteiger partial charge in [-0.3, -0.25) is 4.98 Å². The van der Waals surface area contributed by atoms with Crippen LogP contribution in [0.15, 0.2) is 24.5 Å². The van der Waals surface area contributed by atoms with E-state index in [0.717, 1.165) is 6.54 Å². The Bertz CT molecular complexity index is 298. The first-order valence-corrected chi connectivity index (χ1v) is 5.46. The molecule has 0 radical (unpaired) electrons. The first-order valence-electron chi connectivity index (χ1n) is 5.46. The van der Waals surface area contributed by atoms with Crippen molar-refractivity contribution in [2.45, 2.75) is 19.1 Å². The van der Waals surface area contributed by atoms with Crippen molar-refractivity contribution in [3.63, 3.8) is 0 Å². The SMILES string of the molecule is CN(C)CC(C)(O)CNCc1ccncc1. The van der Waals surface area contributed by atoms with Gasteiger partial charge < -0.3 is 15.3 Å². The van der Waals surface area contributed by atoms with Gasteiger partial charge in [0.1, 0.15) is 0 Å². The van der Waals surface area contributed by atoms with Crippen LogP contribution in [0.25, 0.3) is 0 Å². The topological polar surface area (TPSA) is 48.4 Å². The molecule has 90 valence electrons. The minimum Gasteiger partial charge on any atom is -0.388 e. The highest BCUT2D eigenvalue weighted by Gasteiger charge is 2.20. The maximum Gasteiger partial charge on any atom is 0.0869 e. The van der Waals surface area contributed by atoms with E-state index in [1.54, 1.807) is 12.4 Å². The summed E-state index contributed by atoms with van der Waals surface area (Å²) >= 11 is 0. The molecule has 0 aliphatic rings. The fourth-order valence-electron chi connectivity index (χ4n) is 1.71. The van der Waals surface area contributed by atoms with Crippen LogP contribution in [0, 0.1) is 0 Å². The lowest BCUT2D eigenvalue weighted by atomic mass is 10.1. The number of likely N-dealkylation sites (N-methyl/N-ethyl adjacent to an activating group) is 1. The standard InChI is InChI=1S/C12H21N3O/c1-12(16,10-15(2)3)9-14-8-11-4-6-13-7-5-11/h4-7,14,16H,8-10H2,1-3H3. The lowest BCUT2D eigenvalue weighted by Gasteiger charge is -2.27. The second-order valence-electron chi connectivity index (χ2n) is 4.69. The summed E-state index contributed by atoms with van der Waals surface area (Å²) in [7, 11) is 3.91. The largest absolute Gasteiger partial charge is 0.388 e. The Kier molecular flexibility index (Phi) is 4.86. The summed E-state index contributed by atoms with van der Waals surface area (Å²) in [5, 5.41) is 13.3. The zero-order valence-electron chi connectivity index (χ0n) is 10.3. The van der Waals surface area contributed by atoms with E-state index >= 15 is 0 Å². The number of nitrogens with one attached hydrogen (secondary N) is 1. The van der Waals surface area contributed by atoms with E-state index in [9.17, 15) is 5.11 Å². The quantitative estimate of drug-likeness (QED) is 0.736. The van der Waals surface area contributed by atoms with Crippen LogP contribution >= 0.6 is 0 Å². The third kappa shape index (κ3) is 5.21. The summed E-state index contributed by atoms with van der Waals surface area (Å²) in [5.41, 5.74) is 0.479. The van der Waals surface area contributed by atoms with Crippen molar-refractivity contribution >= 4 is 0 Å². The van der Waals surface area contributed by atoms with Gasteiger partial charge in [0.15, 0.2) is 0 Å². The maximum atomic E-state index is 10.0. The van der Waals surface area contributed by atoms with Crippen LogP contribution in [0.5, 0.6) is 0 Å². The molecule has 0 aromatic carbocycles. The number of aromatic nitrogens is 1. The van der Waals surface area contributed by atoms with E-state index in [2.05, 4.69) is 10.3 Å². The van der Waals surface area contributed by atoms with Crippen LogP contribution in [0.2, 0.25) is 0 Å². The second-order valence-corrected chi connectivity index (χ2v) is 4.69. The number of hydrogen-bond acceptors (Lipinski definition) is 4. The van der Waals surface area contributed by atoms with Crippen molar-refractivity contribution in [3.8, 4) is 0 Å². The zero-order chi connectivity index (χ0) is 12.0. The van der Waals surface area contributed by atoms with Crippen molar-refractivity contribution in [2.24, 2.45) is 0 Å². The van der Waals surface area contributed by atoms with Crippen molar-refractivity contribution in [1.82, 2.24) is 15.2 Å². The monoisotopic (exact) mass is 223 g/mol. The molecule has 0 bridgehead atoms. The molecule has 4 heteroatoms. The van der Waals surface area contributed by atoms with Gasteiger partial charge in [0.2, 0.25) is 0 Å². The van der Waals surface area contributed by atoms with E-state index in [1.807, 2.05) is 38.1 Å². The van der Waals surface area contributed by atoms with Crippen LogP contribution in [-0.2, 0) is 6.54 Å². The average molecular weight is 223 g/mol. The van der Waals surface area contributed by atoms with Gasteiger partial charge in [-0.2, -0.15) is 0 Å². The minimum atomic E-state index is -0.698. The normalized spacial score (nSPS) is 15.1. The number of nitrogens with zero attached hydrogens (tertiary/aromatic N) is 2. The van der Waals surface area contributed by atoms with Gasteiger partial charge in [0.25, 0.3) is 0 Å². The summed E-state index contributed by atoms with van der Waals surface area (Å²) < 4.78 is 0. The molecule has 0 saturated carbocycles. The van der Waals surface area contributed by atoms with Crippen molar-refractivity contribution in [1.29, 1.82) is 0 Å². The smallest absolute Gasteiger partial charge is 0.0869 e. The van der Waals surface area contributed by atoms with Crippen molar-refractivity contribution < 1.29 is 5.11 Å². The molecule has 4 nitrogen and oxygen atoms in total. The van der Waals surface area contributed by atoms with E-state index in [0.29, 0.717) is 13.1 Å². The lowest BCUT2D eigenvalue weighted by molar-refractivity contribution is 0.0336. The van der Waals surface area contributed by atoms with Gasteiger partial charge >= 0.3 is 0 Å². The van der Waals surface area contributed by atoms with Crippen molar-refractivity contribution in [3.05, 3.63) is 30.1 Å². The Morgan fingerprint density at radius 1 is 1.38 bits per heavy atom. The molecule has 1 heterocycles. The van der Waals surface area contributed by atoms with E-state index in [4.69, 9.17) is 0 Å². The molecule has 1 aromatic rings. The van der Waals surface area contributed by atoms with Gasteiger partial charge in [-0.15, -0.1) is 0 Å². The van der Waals surface area contributed by atoms with Crippen LogP contribution < -0.4 is 5.32 Å². The third-order valence-corrected chi connectivity index (χ3v) is 2.24. The van der Waals surface area contributed by atoms with Crippen LogP contribution in [0.4, 0.5) is 0 Å². The number of pyridine rings is 1. The van der Waals surface area contributed by atoms with Crippen molar-refractivity contribution in [2.75, 3.05) is 27.2 Å². The molecule has 1 atom stereocenters. The maximum absolute atomic E-state index is 10.0.